The van der Waals surface area contributed by atoms with Gasteiger partial charge in [-0.2, -0.15) is 0 Å². The summed E-state index contributed by atoms with van der Waals surface area (Å²) < 4.78 is 5.06. The van der Waals surface area contributed by atoms with Crippen LogP contribution in [0.4, 0.5) is 0 Å². The summed E-state index contributed by atoms with van der Waals surface area (Å²) in [7, 11) is 0. The molecule has 2 atom stereocenters. The first-order valence-electron chi connectivity index (χ1n) is 6.14. The Morgan fingerprint density at radius 3 is 2.12 bits per heavy atom. The maximum atomic E-state index is 12.0. The average Bonchev–Trinajstić information content (AvgIpc) is 2.15. The van der Waals surface area contributed by atoms with Crippen LogP contribution in [0.2, 0.25) is 0 Å². The molecule has 0 aromatic heterocycles. The van der Waals surface area contributed by atoms with Gasteiger partial charge in [-0.1, -0.05) is 40.7 Å². The summed E-state index contributed by atoms with van der Waals surface area (Å²) in [5, 5.41) is 10.8. The molecule has 0 aliphatic heterocycles. The minimum Gasteiger partial charge on any atom is -0.466 e. The summed E-state index contributed by atoms with van der Waals surface area (Å²) in [5.74, 6) is -0.976. The molecule has 0 fully saturated rings. The maximum Gasteiger partial charge on any atom is 0.312 e. The number of carbonyl (C=O) groups is 1. The monoisotopic (exact) mass is 242 g/mol. The molecule has 3 heteroatoms. The van der Waals surface area contributed by atoms with E-state index in [1.165, 1.54) is 6.08 Å². The van der Waals surface area contributed by atoms with Crippen molar-refractivity contribution in [2.24, 2.45) is 17.3 Å². The molecule has 100 valence electrons. The van der Waals surface area contributed by atoms with Gasteiger partial charge < -0.3 is 9.84 Å². The zero-order valence-corrected chi connectivity index (χ0v) is 11.9. The van der Waals surface area contributed by atoms with Gasteiger partial charge in [-0.15, -0.1) is 6.58 Å². The van der Waals surface area contributed by atoms with Crippen molar-refractivity contribution >= 4 is 5.97 Å². The van der Waals surface area contributed by atoms with Gasteiger partial charge in [0.1, 0.15) is 5.60 Å². The lowest BCUT2D eigenvalue weighted by atomic mass is 9.65. The van der Waals surface area contributed by atoms with Crippen LogP contribution in [0.15, 0.2) is 12.7 Å². The van der Waals surface area contributed by atoms with Gasteiger partial charge in [-0.3, -0.25) is 4.79 Å². The predicted molar refractivity (Wildman–Crippen MR) is 69.6 cm³/mol. The fraction of sp³-hybridized carbons (Fsp3) is 0.786. The van der Waals surface area contributed by atoms with Crippen LogP contribution in [0.25, 0.3) is 0 Å². The van der Waals surface area contributed by atoms with Crippen molar-refractivity contribution in [3.8, 4) is 0 Å². The molecule has 2 unspecified atom stereocenters. The van der Waals surface area contributed by atoms with Gasteiger partial charge in [0.25, 0.3) is 0 Å². The van der Waals surface area contributed by atoms with E-state index in [2.05, 4.69) is 6.58 Å². The lowest BCUT2D eigenvalue weighted by Crippen LogP contribution is -2.53. The topological polar surface area (TPSA) is 46.5 Å². The largest absolute Gasteiger partial charge is 0.466 e. The smallest absolute Gasteiger partial charge is 0.312 e. The minimum absolute atomic E-state index is 0.0173. The lowest BCUT2D eigenvalue weighted by molar-refractivity contribution is -0.166. The molecule has 0 amide bonds. The van der Waals surface area contributed by atoms with E-state index < -0.39 is 16.9 Å². The van der Waals surface area contributed by atoms with Crippen LogP contribution in [-0.2, 0) is 9.53 Å². The standard InChI is InChI=1S/C14H26O3/c1-8-14(16,13(5,6)7)11(10(3)4)12(15)17-9-2/h8,10-11,16H,1,9H2,2-7H3. The molecule has 0 aromatic rings. The third kappa shape index (κ3) is 3.32. The number of rotatable bonds is 5. The molecule has 1 N–H and O–H groups in total. The molecule has 0 bridgehead atoms. The van der Waals surface area contributed by atoms with Crippen molar-refractivity contribution < 1.29 is 14.6 Å². The summed E-state index contributed by atoms with van der Waals surface area (Å²) in [6, 6.07) is 0. The second kappa shape index (κ2) is 5.67. The quantitative estimate of drug-likeness (QED) is 0.595. The van der Waals surface area contributed by atoms with Crippen LogP contribution in [0.5, 0.6) is 0 Å². The van der Waals surface area contributed by atoms with Crippen molar-refractivity contribution in [1.82, 2.24) is 0 Å². The Morgan fingerprint density at radius 2 is 1.88 bits per heavy atom. The molecule has 0 heterocycles. The van der Waals surface area contributed by atoms with Crippen LogP contribution in [0, 0.1) is 17.3 Å². The van der Waals surface area contributed by atoms with Crippen LogP contribution >= 0.6 is 0 Å². The van der Waals surface area contributed by atoms with Crippen molar-refractivity contribution in [2.75, 3.05) is 6.61 Å². The number of esters is 1. The summed E-state index contributed by atoms with van der Waals surface area (Å²) >= 11 is 0. The molecular weight excluding hydrogens is 216 g/mol. The van der Waals surface area contributed by atoms with Gasteiger partial charge in [0.2, 0.25) is 0 Å². The van der Waals surface area contributed by atoms with E-state index in [1.54, 1.807) is 6.92 Å². The van der Waals surface area contributed by atoms with Gasteiger partial charge in [0.05, 0.1) is 12.5 Å². The lowest BCUT2D eigenvalue weighted by Gasteiger charge is -2.44. The van der Waals surface area contributed by atoms with Gasteiger partial charge in [0.15, 0.2) is 0 Å². The summed E-state index contributed by atoms with van der Waals surface area (Å²) in [4.78, 5) is 12.0. The fourth-order valence-corrected chi connectivity index (χ4v) is 2.09. The highest BCUT2D eigenvalue weighted by atomic mass is 16.5. The van der Waals surface area contributed by atoms with Crippen molar-refractivity contribution in [2.45, 2.75) is 47.1 Å². The fourth-order valence-electron chi connectivity index (χ4n) is 2.09. The van der Waals surface area contributed by atoms with Crippen LogP contribution < -0.4 is 0 Å². The highest BCUT2D eigenvalue weighted by molar-refractivity contribution is 5.75. The van der Waals surface area contributed by atoms with Crippen molar-refractivity contribution in [3.05, 3.63) is 12.7 Å². The zero-order valence-electron chi connectivity index (χ0n) is 11.9. The van der Waals surface area contributed by atoms with Crippen molar-refractivity contribution in [1.29, 1.82) is 0 Å². The Balaban J connectivity index is 5.43. The van der Waals surface area contributed by atoms with E-state index in [0.29, 0.717) is 6.61 Å². The number of ether oxygens (including phenoxy) is 1. The number of hydrogen-bond donors (Lipinski definition) is 1. The Kier molecular flexibility index (Phi) is 5.40. The summed E-state index contributed by atoms with van der Waals surface area (Å²) in [6.45, 7) is 15.3. The van der Waals surface area contributed by atoms with E-state index in [1.807, 2.05) is 34.6 Å². The van der Waals surface area contributed by atoms with E-state index in [4.69, 9.17) is 4.74 Å². The molecule has 0 aliphatic carbocycles. The van der Waals surface area contributed by atoms with Crippen molar-refractivity contribution in [3.63, 3.8) is 0 Å². The molecular formula is C14H26O3. The van der Waals surface area contributed by atoms with Gasteiger partial charge in [0, 0.05) is 0 Å². The van der Waals surface area contributed by atoms with E-state index in [-0.39, 0.29) is 11.9 Å². The highest BCUT2D eigenvalue weighted by Gasteiger charge is 2.49. The third-order valence-electron chi connectivity index (χ3n) is 3.19. The Morgan fingerprint density at radius 1 is 1.41 bits per heavy atom. The van der Waals surface area contributed by atoms with Gasteiger partial charge >= 0.3 is 5.97 Å². The first-order chi connectivity index (χ1) is 7.61. The second-order valence-corrected chi connectivity index (χ2v) is 5.75. The van der Waals surface area contributed by atoms with Crippen LogP contribution in [0.3, 0.4) is 0 Å². The number of aliphatic hydroxyl groups is 1. The molecule has 0 aromatic carbocycles. The van der Waals surface area contributed by atoms with E-state index >= 15 is 0 Å². The first kappa shape index (κ1) is 16.2. The van der Waals surface area contributed by atoms with E-state index in [0.717, 1.165) is 0 Å². The zero-order chi connectivity index (χ0) is 13.9. The van der Waals surface area contributed by atoms with Gasteiger partial charge in [-0.05, 0) is 18.3 Å². The molecule has 17 heavy (non-hydrogen) atoms. The van der Waals surface area contributed by atoms with E-state index in [9.17, 15) is 9.90 Å². The molecule has 0 spiro atoms. The Bertz CT molecular complexity index is 276. The third-order valence-corrected chi connectivity index (χ3v) is 3.19. The minimum atomic E-state index is -1.27. The second-order valence-electron chi connectivity index (χ2n) is 5.75. The highest BCUT2D eigenvalue weighted by Crippen LogP contribution is 2.41. The van der Waals surface area contributed by atoms with Gasteiger partial charge in [-0.25, -0.2) is 0 Å². The predicted octanol–water partition coefficient (Wildman–Crippen LogP) is 2.78. The summed E-state index contributed by atoms with van der Waals surface area (Å²) in [6.07, 6.45) is 1.47. The molecule has 0 aliphatic rings. The molecule has 0 saturated carbocycles. The first-order valence-corrected chi connectivity index (χ1v) is 6.14. The van der Waals surface area contributed by atoms with Crippen LogP contribution in [-0.4, -0.2) is 23.3 Å². The number of carbonyl (C=O) groups excluding carboxylic acids is 1. The Hall–Kier alpha value is -0.830. The van der Waals surface area contributed by atoms with Crippen LogP contribution in [0.1, 0.15) is 41.5 Å². The Labute approximate surface area is 105 Å². The normalized spacial score (nSPS) is 17.4. The molecule has 0 radical (unpaired) electrons. The molecule has 0 rings (SSSR count). The molecule has 3 nitrogen and oxygen atoms in total. The summed E-state index contributed by atoms with van der Waals surface area (Å²) in [5.41, 5.74) is -1.75. The SMILES string of the molecule is C=CC(O)(C(C(=O)OCC)C(C)C)C(C)(C)C. The maximum absolute atomic E-state index is 12.0. The molecule has 0 saturated heterocycles. The number of hydrogen-bond acceptors (Lipinski definition) is 3. The average molecular weight is 242 g/mol.